The number of aromatic hydroxyl groups is 3. The molecule has 3 rings (SSSR count). The molecule has 0 saturated heterocycles. The zero-order valence-corrected chi connectivity index (χ0v) is 12.4. The van der Waals surface area contributed by atoms with E-state index < -0.39 is 0 Å². The van der Waals surface area contributed by atoms with Crippen molar-refractivity contribution in [3.05, 3.63) is 90.5 Å². The Morgan fingerprint density at radius 2 is 0.864 bits per heavy atom. The topological polar surface area (TPSA) is 60.7 Å². The number of hydrogen-bond donors (Lipinski definition) is 3. The number of hydrogen-bond acceptors (Lipinski definition) is 3. The Kier molecular flexibility index (Phi) is 7.69. The summed E-state index contributed by atoms with van der Waals surface area (Å²) in [5.74, 6) is 1.01. The Labute approximate surface area is 130 Å². The van der Waals surface area contributed by atoms with E-state index in [1.165, 1.54) is 0 Å². The molecule has 0 unspecified atom stereocenters. The monoisotopic (exact) mass is 296 g/mol. The molecule has 0 amide bonds. The van der Waals surface area contributed by atoms with Crippen molar-refractivity contribution in [1.29, 1.82) is 0 Å². The average molecular weight is 296 g/mol. The van der Waals surface area contributed by atoms with Crippen LogP contribution in [0.5, 0.6) is 17.2 Å². The molecule has 114 valence electrons. The number of rotatable bonds is 0. The molecule has 0 spiro atoms. The Morgan fingerprint density at radius 1 is 0.500 bits per heavy atom. The fourth-order valence-corrected chi connectivity index (χ4v) is 1.42. The van der Waals surface area contributed by atoms with Crippen LogP contribution in [-0.2, 0) is 0 Å². The summed E-state index contributed by atoms with van der Waals surface area (Å²) < 4.78 is 0. The first-order chi connectivity index (χ1) is 10.6. The molecule has 3 aromatic rings. The van der Waals surface area contributed by atoms with E-state index in [9.17, 15) is 0 Å². The molecule has 3 aromatic carbocycles. The van der Waals surface area contributed by atoms with Crippen LogP contribution in [0.25, 0.3) is 0 Å². The van der Waals surface area contributed by atoms with Gasteiger partial charge in [-0.1, -0.05) is 54.6 Å². The standard InChI is InChI=1S/C7H8O.2C6H6O/c1-6-4-2-3-5-7(6)8;2*7-6-4-2-1-3-5-6/h2-5,8H,1H3;2*1-5,7H. The van der Waals surface area contributed by atoms with Crippen LogP contribution in [0.15, 0.2) is 84.9 Å². The van der Waals surface area contributed by atoms with Gasteiger partial charge >= 0.3 is 0 Å². The Bertz CT molecular complexity index is 579. The van der Waals surface area contributed by atoms with Crippen LogP contribution < -0.4 is 0 Å². The molecule has 3 N–H and O–H groups in total. The zero-order chi connectivity index (χ0) is 16.2. The molecule has 22 heavy (non-hydrogen) atoms. The number of para-hydroxylation sites is 3. The van der Waals surface area contributed by atoms with E-state index in [1.807, 2.05) is 37.3 Å². The van der Waals surface area contributed by atoms with Crippen LogP contribution >= 0.6 is 0 Å². The summed E-state index contributed by atoms with van der Waals surface area (Å²) >= 11 is 0. The molecule has 0 radical (unpaired) electrons. The van der Waals surface area contributed by atoms with Gasteiger partial charge in [-0.25, -0.2) is 0 Å². The molecular weight excluding hydrogens is 276 g/mol. The Morgan fingerprint density at radius 3 is 1.09 bits per heavy atom. The molecule has 0 heterocycles. The molecule has 3 nitrogen and oxygen atoms in total. The van der Waals surface area contributed by atoms with Gasteiger partial charge in [0.25, 0.3) is 0 Å². The molecule has 0 aliphatic heterocycles. The van der Waals surface area contributed by atoms with Crippen molar-refractivity contribution >= 4 is 0 Å². The maximum absolute atomic E-state index is 8.92. The summed E-state index contributed by atoms with van der Waals surface area (Å²) in [7, 11) is 0. The van der Waals surface area contributed by atoms with Crippen molar-refractivity contribution in [1.82, 2.24) is 0 Å². The van der Waals surface area contributed by atoms with Crippen molar-refractivity contribution in [2.24, 2.45) is 0 Å². The van der Waals surface area contributed by atoms with Gasteiger partial charge in [0.15, 0.2) is 0 Å². The highest BCUT2D eigenvalue weighted by atomic mass is 16.3. The molecule has 3 heteroatoms. The van der Waals surface area contributed by atoms with Gasteiger partial charge in [-0.05, 0) is 42.8 Å². The summed E-state index contributed by atoms with van der Waals surface area (Å²) in [5.41, 5.74) is 0.924. The van der Waals surface area contributed by atoms with E-state index in [2.05, 4.69) is 0 Å². The average Bonchev–Trinajstić information content (AvgIpc) is 2.53. The maximum atomic E-state index is 8.92. The Hall–Kier alpha value is -2.94. The van der Waals surface area contributed by atoms with E-state index in [-0.39, 0.29) is 0 Å². The third-order valence-corrected chi connectivity index (χ3v) is 2.63. The van der Waals surface area contributed by atoms with Crippen LogP contribution in [0.1, 0.15) is 5.56 Å². The van der Waals surface area contributed by atoms with E-state index in [0.29, 0.717) is 17.2 Å². The van der Waals surface area contributed by atoms with Crippen LogP contribution in [0.3, 0.4) is 0 Å². The van der Waals surface area contributed by atoms with Crippen molar-refractivity contribution in [2.75, 3.05) is 0 Å². The lowest BCUT2D eigenvalue weighted by molar-refractivity contribution is 0.471. The van der Waals surface area contributed by atoms with Gasteiger partial charge in [0.2, 0.25) is 0 Å². The number of phenols is 3. The first-order valence-electron chi connectivity index (χ1n) is 6.82. The summed E-state index contributed by atoms with van der Waals surface area (Å²) in [5, 5.41) is 26.2. The minimum atomic E-state index is 0.322. The lowest BCUT2D eigenvalue weighted by Crippen LogP contribution is -1.68. The SMILES string of the molecule is Cc1ccccc1O.Oc1ccccc1.Oc1ccccc1. The highest BCUT2D eigenvalue weighted by Crippen LogP contribution is 2.12. The van der Waals surface area contributed by atoms with Gasteiger partial charge in [-0.2, -0.15) is 0 Å². The minimum Gasteiger partial charge on any atom is -0.508 e. The molecule has 0 aliphatic carbocycles. The maximum Gasteiger partial charge on any atom is 0.118 e. The van der Waals surface area contributed by atoms with E-state index in [1.54, 1.807) is 54.6 Å². The summed E-state index contributed by atoms with van der Waals surface area (Å²) in [6.07, 6.45) is 0. The molecule has 0 atom stereocenters. The Balaban J connectivity index is 0.000000166. The normalized spacial score (nSPS) is 8.77. The molecule has 0 saturated carbocycles. The van der Waals surface area contributed by atoms with Gasteiger partial charge in [-0.3, -0.25) is 0 Å². The molecule has 0 aliphatic rings. The summed E-state index contributed by atoms with van der Waals surface area (Å²) in [6.45, 7) is 1.87. The van der Waals surface area contributed by atoms with Gasteiger partial charge in [-0.15, -0.1) is 0 Å². The van der Waals surface area contributed by atoms with Gasteiger partial charge in [0.05, 0.1) is 0 Å². The molecule has 0 fully saturated rings. The van der Waals surface area contributed by atoms with Crippen molar-refractivity contribution in [3.8, 4) is 17.2 Å². The summed E-state index contributed by atoms with van der Waals surface area (Å²) in [6, 6.07) is 24.7. The number of benzene rings is 3. The predicted octanol–water partition coefficient (Wildman–Crippen LogP) is 4.49. The highest BCUT2D eigenvalue weighted by Gasteiger charge is 1.87. The van der Waals surface area contributed by atoms with Crippen molar-refractivity contribution in [3.63, 3.8) is 0 Å². The fourth-order valence-electron chi connectivity index (χ4n) is 1.42. The van der Waals surface area contributed by atoms with Crippen LogP contribution in [0.4, 0.5) is 0 Å². The van der Waals surface area contributed by atoms with Gasteiger partial charge in [0, 0.05) is 0 Å². The predicted molar refractivity (Wildman–Crippen MR) is 89.1 cm³/mol. The first kappa shape index (κ1) is 17.1. The number of aryl methyl sites for hydroxylation is 1. The van der Waals surface area contributed by atoms with Gasteiger partial charge < -0.3 is 15.3 Å². The van der Waals surface area contributed by atoms with Crippen molar-refractivity contribution < 1.29 is 15.3 Å². The van der Waals surface area contributed by atoms with E-state index >= 15 is 0 Å². The third-order valence-electron chi connectivity index (χ3n) is 2.63. The lowest BCUT2D eigenvalue weighted by Gasteiger charge is -1.92. The van der Waals surface area contributed by atoms with Gasteiger partial charge in [0.1, 0.15) is 17.2 Å². The van der Waals surface area contributed by atoms with Crippen LogP contribution in [0.2, 0.25) is 0 Å². The van der Waals surface area contributed by atoms with Crippen molar-refractivity contribution in [2.45, 2.75) is 6.92 Å². The second-order valence-corrected chi connectivity index (χ2v) is 4.46. The second-order valence-electron chi connectivity index (χ2n) is 4.46. The second kappa shape index (κ2) is 9.88. The summed E-state index contributed by atoms with van der Waals surface area (Å²) in [4.78, 5) is 0. The quantitative estimate of drug-likeness (QED) is 0.573. The largest absolute Gasteiger partial charge is 0.508 e. The molecule has 0 aromatic heterocycles. The minimum absolute atomic E-state index is 0.322. The van der Waals surface area contributed by atoms with Crippen LogP contribution in [-0.4, -0.2) is 15.3 Å². The molecule has 0 bridgehead atoms. The zero-order valence-electron chi connectivity index (χ0n) is 12.4. The first-order valence-corrected chi connectivity index (χ1v) is 6.82. The smallest absolute Gasteiger partial charge is 0.118 e. The highest BCUT2D eigenvalue weighted by molar-refractivity contribution is 5.29. The lowest BCUT2D eigenvalue weighted by atomic mass is 10.2. The molecular formula is C19H20O3. The third kappa shape index (κ3) is 7.60. The fraction of sp³-hybridized carbons (Fsp3) is 0.0526. The van der Waals surface area contributed by atoms with E-state index in [0.717, 1.165) is 5.56 Å². The van der Waals surface area contributed by atoms with E-state index in [4.69, 9.17) is 15.3 Å². The number of phenolic OH excluding ortho intramolecular Hbond substituents is 3. The van der Waals surface area contributed by atoms with Crippen LogP contribution in [0, 0.1) is 6.92 Å².